The first-order valence-electron chi connectivity index (χ1n) is 8.93. The van der Waals surface area contributed by atoms with Gasteiger partial charge in [-0.1, -0.05) is 19.3 Å². The second-order valence-corrected chi connectivity index (χ2v) is 7.52. The van der Waals surface area contributed by atoms with Crippen molar-refractivity contribution in [2.75, 3.05) is 39.4 Å². The first-order chi connectivity index (χ1) is 10.6. The van der Waals surface area contributed by atoms with E-state index in [1.165, 1.54) is 32.1 Å². The monoisotopic (exact) mass is 310 g/mol. The van der Waals surface area contributed by atoms with E-state index in [2.05, 4.69) is 10.2 Å². The van der Waals surface area contributed by atoms with Gasteiger partial charge in [-0.3, -0.25) is 9.69 Å². The molecule has 1 amide bonds. The van der Waals surface area contributed by atoms with Crippen molar-refractivity contribution in [3.8, 4) is 0 Å². The van der Waals surface area contributed by atoms with Crippen molar-refractivity contribution in [3.05, 3.63) is 0 Å². The first-order valence-corrected chi connectivity index (χ1v) is 8.93. The fourth-order valence-electron chi connectivity index (χ4n) is 4.10. The normalized spacial score (nSPS) is 27.9. The van der Waals surface area contributed by atoms with E-state index < -0.39 is 5.60 Å². The zero-order valence-corrected chi connectivity index (χ0v) is 13.6. The molecule has 0 atom stereocenters. The molecule has 0 unspecified atom stereocenters. The number of ether oxygens (including phenoxy) is 1. The van der Waals surface area contributed by atoms with E-state index in [-0.39, 0.29) is 11.3 Å². The number of carbonyl (C=O) groups excluding carboxylic acids is 1. The molecular formula is C17H30N2O3. The second-order valence-electron chi connectivity index (χ2n) is 7.52. The molecule has 2 N–H and O–H groups in total. The number of nitrogens with one attached hydrogen (secondary N) is 1. The van der Waals surface area contributed by atoms with Crippen LogP contribution in [0.5, 0.6) is 0 Å². The highest BCUT2D eigenvalue weighted by atomic mass is 16.5. The third-order valence-corrected chi connectivity index (χ3v) is 5.80. The minimum Gasteiger partial charge on any atom is -0.380 e. The van der Waals surface area contributed by atoms with Crippen LogP contribution in [0.4, 0.5) is 0 Å². The van der Waals surface area contributed by atoms with Crippen LogP contribution in [0.25, 0.3) is 0 Å². The number of aliphatic hydroxyl groups is 1. The lowest BCUT2D eigenvalue weighted by molar-refractivity contribution is -0.149. The van der Waals surface area contributed by atoms with Crippen LogP contribution >= 0.6 is 0 Å². The minimum atomic E-state index is -1.07. The summed E-state index contributed by atoms with van der Waals surface area (Å²) in [6, 6.07) is 0. The highest BCUT2D eigenvalue weighted by molar-refractivity contribution is 5.85. The molecule has 0 aromatic heterocycles. The fourth-order valence-corrected chi connectivity index (χ4v) is 4.10. The van der Waals surface area contributed by atoms with E-state index in [1.54, 1.807) is 0 Å². The van der Waals surface area contributed by atoms with Gasteiger partial charge in [0.05, 0.1) is 13.2 Å². The van der Waals surface area contributed by atoms with E-state index >= 15 is 0 Å². The van der Waals surface area contributed by atoms with Crippen LogP contribution in [0, 0.1) is 5.41 Å². The molecule has 1 aliphatic heterocycles. The molecule has 1 heterocycles. The van der Waals surface area contributed by atoms with Gasteiger partial charge in [-0.05, 0) is 32.1 Å². The van der Waals surface area contributed by atoms with Crippen LogP contribution in [-0.2, 0) is 9.53 Å². The third kappa shape index (κ3) is 3.63. The van der Waals surface area contributed by atoms with Crippen LogP contribution in [0.15, 0.2) is 0 Å². The van der Waals surface area contributed by atoms with E-state index in [0.29, 0.717) is 19.4 Å². The molecule has 3 fully saturated rings. The largest absolute Gasteiger partial charge is 0.380 e. The smallest absolute Gasteiger partial charge is 0.251 e. The van der Waals surface area contributed by atoms with E-state index in [0.717, 1.165) is 39.3 Å². The van der Waals surface area contributed by atoms with Gasteiger partial charge in [-0.2, -0.15) is 0 Å². The number of morpholine rings is 1. The number of amides is 1. The van der Waals surface area contributed by atoms with Gasteiger partial charge in [0.1, 0.15) is 5.60 Å². The van der Waals surface area contributed by atoms with Gasteiger partial charge in [-0.15, -0.1) is 0 Å². The summed E-state index contributed by atoms with van der Waals surface area (Å²) in [6.45, 7) is 5.41. The number of hydrogen-bond donors (Lipinski definition) is 2. The summed E-state index contributed by atoms with van der Waals surface area (Å²) in [6.07, 6.45) is 8.39. The Morgan fingerprint density at radius 3 is 2.32 bits per heavy atom. The maximum absolute atomic E-state index is 12.2. The molecule has 5 heteroatoms. The lowest BCUT2D eigenvalue weighted by atomic mass is 9.73. The maximum Gasteiger partial charge on any atom is 0.251 e. The highest BCUT2D eigenvalue weighted by Crippen LogP contribution is 2.37. The molecular weight excluding hydrogens is 280 g/mol. The van der Waals surface area contributed by atoms with Gasteiger partial charge in [-0.25, -0.2) is 0 Å². The molecule has 0 spiro atoms. The molecule has 0 aromatic carbocycles. The second kappa shape index (κ2) is 6.85. The molecule has 5 nitrogen and oxygen atoms in total. The molecule has 3 rings (SSSR count). The van der Waals surface area contributed by atoms with Crippen molar-refractivity contribution in [2.45, 2.75) is 57.0 Å². The van der Waals surface area contributed by atoms with Crippen molar-refractivity contribution in [1.29, 1.82) is 0 Å². The summed E-state index contributed by atoms with van der Waals surface area (Å²) in [7, 11) is 0. The Bertz CT molecular complexity index is 383. The Kier molecular flexibility index (Phi) is 5.05. The van der Waals surface area contributed by atoms with Crippen molar-refractivity contribution in [2.24, 2.45) is 5.41 Å². The van der Waals surface area contributed by atoms with Crippen molar-refractivity contribution in [3.63, 3.8) is 0 Å². The summed E-state index contributed by atoms with van der Waals surface area (Å²) in [5, 5.41) is 13.3. The predicted octanol–water partition coefficient (Wildman–Crippen LogP) is 1.30. The van der Waals surface area contributed by atoms with Crippen molar-refractivity contribution < 1.29 is 14.6 Å². The third-order valence-electron chi connectivity index (χ3n) is 5.80. The topological polar surface area (TPSA) is 61.8 Å². The number of hydrogen-bond acceptors (Lipinski definition) is 4. The minimum absolute atomic E-state index is 0.148. The Labute approximate surface area is 133 Å². The molecule has 2 aliphatic carbocycles. The van der Waals surface area contributed by atoms with Gasteiger partial charge in [0.25, 0.3) is 5.91 Å². The van der Waals surface area contributed by atoms with Crippen LogP contribution < -0.4 is 5.32 Å². The van der Waals surface area contributed by atoms with Crippen LogP contribution in [0.1, 0.15) is 51.4 Å². The summed E-state index contributed by atoms with van der Waals surface area (Å²) < 4.78 is 5.44. The molecule has 22 heavy (non-hydrogen) atoms. The van der Waals surface area contributed by atoms with Gasteiger partial charge < -0.3 is 15.2 Å². The fraction of sp³-hybridized carbons (Fsp3) is 0.941. The molecule has 2 saturated carbocycles. The van der Waals surface area contributed by atoms with E-state index in [4.69, 9.17) is 4.74 Å². The summed E-state index contributed by atoms with van der Waals surface area (Å²) >= 11 is 0. The van der Waals surface area contributed by atoms with Crippen LogP contribution in [-0.4, -0.2) is 60.9 Å². The summed E-state index contributed by atoms with van der Waals surface area (Å²) in [5.74, 6) is -0.148. The Morgan fingerprint density at radius 2 is 1.73 bits per heavy atom. The standard InChI is InChI=1S/C17H30N2O3/c20-15(17(21)7-4-8-17)18-13-16(5-2-1-3-6-16)14-19-9-11-22-12-10-19/h21H,1-14H2,(H,18,20). The van der Waals surface area contributed by atoms with Gasteiger partial charge in [0, 0.05) is 31.6 Å². The molecule has 0 radical (unpaired) electrons. The van der Waals surface area contributed by atoms with Gasteiger partial charge in [0.15, 0.2) is 0 Å². The number of rotatable bonds is 5. The average molecular weight is 310 g/mol. The van der Waals surface area contributed by atoms with Crippen molar-refractivity contribution >= 4 is 5.91 Å². The highest BCUT2D eigenvalue weighted by Gasteiger charge is 2.43. The lowest BCUT2D eigenvalue weighted by Crippen LogP contribution is -2.55. The van der Waals surface area contributed by atoms with Gasteiger partial charge >= 0.3 is 0 Å². The Balaban J connectivity index is 1.57. The van der Waals surface area contributed by atoms with Gasteiger partial charge in [0.2, 0.25) is 0 Å². The quantitative estimate of drug-likeness (QED) is 0.803. The first kappa shape index (κ1) is 16.2. The summed E-state index contributed by atoms with van der Waals surface area (Å²) in [5.41, 5.74) is -0.889. The zero-order valence-electron chi connectivity index (χ0n) is 13.6. The Hall–Kier alpha value is -0.650. The maximum atomic E-state index is 12.2. The predicted molar refractivity (Wildman–Crippen MR) is 84.6 cm³/mol. The lowest BCUT2D eigenvalue weighted by Gasteiger charge is -2.43. The number of nitrogens with zero attached hydrogens (tertiary/aromatic N) is 1. The summed E-state index contributed by atoms with van der Waals surface area (Å²) in [4.78, 5) is 14.7. The van der Waals surface area contributed by atoms with E-state index in [1.807, 2.05) is 0 Å². The molecule has 3 aliphatic rings. The van der Waals surface area contributed by atoms with Crippen LogP contribution in [0.3, 0.4) is 0 Å². The molecule has 0 bridgehead atoms. The van der Waals surface area contributed by atoms with Crippen LogP contribution in [0.2, 0.25) is 0 Å². The molecule has 0 aromatic rings. The number of carbonyl (C=O) groups is 1. The average Bonchev–Trinajstić information content (AvgIpc) is 2.52. The molecule has 1 saturated heterocycles. The Morgan fingerprint density at radius 1 is 1.05 bits per heavy atom. The SMILES string of the molecule is O=C(NCC1(CN2CCOCC2)CCCCC1)C1(O)CCC1. The van der Waals surface area contributed by atoms with Crippen molar-refractivity contribution in [1.82, 2.24) is 10.2 Å². The zero-order chi connectivity index (χ0) is 15.5. The van der Waals surface area contributed by atoms with E-state index in [9.17, 15) is 9.90 Å². The molecule has 126 valence electrons.